The molecule has 0 fully saturated rings. The Hall–Kier alpha value is -1.35. The normalized spacial score (nSPS) is 10.4. The molecule has 0 aliphatic carbocycles. The molecule has 4 heteroatoms. The van der Waals surface area contributed by atoms with E-state index in [1.54, 1.807) is 12.4 Å². The number of imidazole rings is 1. The van der Waals surface area contributed by atoms with Crippen LogP contribution >= 0.6 is 11.6 Å². The van der Waals surface area contributed by atoms with Crippen LogP contribution in [-0.4, -0.2) is 14.5 Å². The molecule has 0 aliphatic rings. The summed E-state index contributed by atoms with van der Waals surface area (Å²) >= 11 is 5.75. The van der Waals surface area contributed by atoms with Crippen molar-refractivity contribution in [2.75, 3.05) is 0 Å². The summed E-state index contributed by atoms with van der Waals surface area (Å²) in [4.78, 5) is 8.39. The number of nitrogens with zero attached hydrogens (tertiary/aromatic N) is 3. The lowest BCUT2D eigenvalue weighted by atomic mass is 10.3. The van der Waals surface area contributed by atoms with E-state index in [4.69, 9.17) is 11.6 Å². The Morgan fingerprint density at radius 2 is 2.21 bits per heavy atom. The van der Waals surface area contributed by atoms with E-state index < -0.39 is 0 Å². The van der Waals surface area contributed by atoms with Gasteiger partial charge in [-0.05, 0) is 24.6 Å². The second kappa shape index (κ2) is 3.80. The quantitative estimate of drug-likeness (QED) is 0.708. The van der Waals surface area contributed by atoms with Crippen molar-refractivity contribution < 1.29 is 0 Å². The SMILES string of the molecule is Cc1nccn1-c1cc(CCl)ccn1. The number of rotatable bonds is 2. The third-order valence-corrected chi connectivity index (χ3v) is 2.35. The van der Waals surface area contributed by atoms with E-state index in [1.807, 2.05) is 29.8 Å². The maximum Gasteiger partial charge on any atom is 0.138 e. The fourth-order valence-corrected chi connectivity index (χ4v) is 1.46. The van der Waals surface area contributed by atoms with Gasteiger partial charge in [0.15, 0.2) is 0 Å². The first-order valence-corrected chi connectivity index (χ1v) is 4.86. The molecule has 2 aromatic heterocycles. The molecule has 0 unspecified atom stereocenters. The first-order valence-electron chi connectivity index (χ1n) is 4.32. The highest BCUT2D eigenvalue weighted by Gasteiger charge is 2.01. The van der Waals surface area contributed by atoms with Crippen molar-refractivity contribution in [3.63, 3.8) is 0 Å². The summed E-state index contributed by atoms with van der Waals surface area (Å²) < 4.78 is 1.93. The van der Waals surface area contributed by atoms with Crippen LogP contribution in [-0.2, 0) is 5.88 Å². The van der Waals surface area contributed by atoms with Crippen LogP contribution in [0.15, 0.2) is 30.7 Å². The summed E-state index contributed by atoms with van der Waals surface area (Å²) in [5.74, 6) is 2.28. The molecule has 2 heterocycles. The van der Waals surface area contributed by atoms with Crippen LogP contribution in [0.2, 0.25) is 0 Å². The van der Waals surface area contributed by atoms with Crippen LogP contribution in [0.3, 0.4) is 0 Å². The van der Waals surface area contributed by atoms with Gasteiger partial charge in [-0.2, -0.15) is 0 Å². The van der Waals surface area contributed by atoms with Crippen molar-refractivity contribution in [1.82, 2.24) is 14.5 Å². The Bertz CT molecular complexity index is 436. The number of aromatic nitrogens is 3. The third-order valence-electron chi connectivity index (χ3n) is 2.04. The van der Waals surface area contributed by atoms with E-state index in [1.165, 1.54) is 0 Å². The second-order valence-corrected chi connectivity index (χ2v) is 3.27. The van der Waals surface area contributed by atoms with Crippen molar-refractivity contribution in [2.45, 2.75) is 12.8 Å². The molecule has 2 rings (SSSR count). The van der Waals surface area contributed by atoms with Crippen molar-refractivity contribution >= 4 is 11.6 Å². The molecule has 0 saturated carbocycles. The summed E-state index contributed by atoms with van der Waals surface area (Å²) in [6, 6.07) is 3.87. The van der Waals surface area contributed by atoms with Crippen LogP contribution in [0.1, 0.15) is 11.4 Å². The molecule has 0 bridgehead atoms. The first kappa shape index (κ1) is 9.21. The maximum absolute atomic E-state index is 5.75. The minimum atomic E-state index is 0.503. The average molecular weight is 208 g/mol. The summed E-state index contributed by atoms with van der Waals surface area (Å²) in [7, 11) is 0. The summed E-state index contributed by atoms with van der Waals surface area (Å²) in [6.07, 6.45) is 5.40. The number of halogens is 1. The van der Waals surface area contributed by atoms with E-state index in [2.05, 4.69) is 9.97 Å². The highest BCUT2D eigenvalue weighted by molar-refractivity contribution is 6.17. The van der Waals surface area contributed by atoms with Gasteiger partial charge in [-0.3, -0.25) is 4.57 Å². The van der Waals surface area contributed by atoms with E-state index in [9.17, 15) is 0 Å². The molecule has 0 radical (unpaired) electrons. The topological polar surface area (TPSA) is 30.7 Å². The zero-order valence-corrected chi connectivity index (χ0v) is 8.57. The molecule has 0 aromatic carbocycles. The predicted molar refractivity (Wildman–Crippen MR) is 55.7 cm³/mol. The molecular weight excluding hydrogens is 198 g/mol. The monoisotopic (exact) mass is 207 g/mol. The Morgan fingerprint density at radius 1 is 1.36 bits per heavy atom. The third kappa shape index (κ3) is 1.63. The number of pyridine rings is 1. The van der Waals surface area contributed by atoms with Gasteiger partial charge in [0.25, 0.3) is 0 Å². The molecule has 14 heavy (non-hydrogen) atoms. The number of hydrogen-bond acceptors (Lipinski definition) is 2. The Kier molecular flexibility index (Phi) is 2.50. The maximum atomic E-state index is 5.75. The van der Waals surface area contributed by atoms with Gasteiger partial charge in [-0.25, -0.2) is 9.97 Å². The van der Waals surface area contributed by atoms with Crippen LogP contribution in [0.25, 0.3) is 5.82 Å². The summed E-state index contributed by atoms with van der Waals surface area (Å²) in [6.45, 7) is 1.94. The second-order valence-electron chi connectivity index (χ2n) is 3.00. The van der Waals surface area contributed by atoms with E-state index in [0.29, 0.717) is 5.88 Å². The van der Waals surface area contributed by atoms with Gasteiger partial charge in [-0.1, -0.05) is 0 Å². The summed E-state index contributed by atoms with van der Waals surface area (Å²) in [5.41, 5.74) is 1.06. The standard InChI is InChI=1S/C10H10ClN3/c1-8-12-4-5-14(8)10-6-9(7-11)2-3-13-10/h2-6H,7H2,1H3. The van der Waals surface area contributed by atoms with E-state index in [0.717, 1.165) is 17.2 Å². The minimum Gasteiger partial charge on any atom is -0.288 e. The Labute approximate surface area is 87.4 Å². The molecular formula is C10H10ClN3. The number of aryl methyl sites for hydroxylation is 1. The number of hydrogen-bond donors (Lipinski definition) is 0. The van der Waals surface area contributed by atoms with Gasteiger partial charge < -0.3 is 0 Å². The molecule has 72 valence electrons. The lowest BCUT2D eigenvalue weighted by Crippen LogP contribution is -1.98. The molecule has 0 amide bonds. The van der Waals surface area contributed by atoms with Crippen molar-refractivity contribution in [3.8, 4) is 5.82 Å². The van der Waals surface area contributed by atoms with Gasteiger partial charge >= 0.3 is 0 Å². The van der Waals surface area contributed by atoms with Gasteiger partial charge in [0.1, 0.15) is 11.6 Å². The fourth-order valence-electron chi connectivity index (χ4n) is 1.30. The van der Waals surface area contributed by atoms with Crippen molar-refractivity contribution in [1.29, 1.82) is 0 Å². The van der Waals surface area contributed by atoms with E-state index >= 15 is 0 Å². The average Bonchev–Trinajstić information content (AvgIpc) is 2.65. The predicted octanol–water partition coefficient (Wildman–Crippen LogP) is 2.31. The van der Waals surface area contributed by atoms with Gasteiger partial charge in [0.2, 0.25) is 0 Å². The van der Waals surface area contributed by atoms with Crippen molar-refractivity contribution in [2.24, 2.45) is 0 Å². The van der Waals surface area contributed by atoms with Gasteiger partial charge in [-0.15, -0.1) is 11.6 Å². The van der Waals surface area contributed by atoms with Crippen LogP contribution < -0.4 is 0 Å². The molecule has 0 saturated heterocycles. The highest BCUT2D eigenvalue weighted by atomic mass is 35.5. The zero-order chi connectivity index (χ0) is 9.97. The molecule has 0 N–H and O–H groups in total. The molecule has 0 aliphatic heterocycles. The minimum absolute atomic E-state index is 0.503. The van der Waals surface area contributed by atoms with Crippen LogP contribution in [0, 0.1) is 6.92 Å². The number of alkyl halides is 1. The smallest absolute Gasteiger partial charge is 0.138 e. The molecule has 0 atom stereocenters. The summed E-state index contributed by atoms with van der Waals surface area (Å²) in [5, 5.41) is 0. The Morgan fingerprint density at radius 3 is 2.86 bits per heavy atom. The lowest BCUT2D eigenvalue weighted by molar-refractivity contribution is 0.929. The Balaban J connectivity index is 2.47. The molecule has 2 aromatic rings. The van der Waals surface area contributed by atoms with E-state index in [-0.39, 0.29) is 0 Å². The first-order chi connectivity index (χ1) is 6.81. The van der Waals surface area contributed by atoms with Crippen molar-refractivity contribution in [3.05, 3.63) is 42.1 Å². The lowest BCUT2D eigenvalue weighted by Gasteiger charge is -2.04. The molecule has 3 nitrogen and oxygen atoms in total. The van der Waals surface area contributed by atoms with Gasteiger partial charge in [0.05, 0.1) is 0 Å². The van der Waals surface area contributed by atoms with Crippen LogP contribution in [0.5, 0.6) is 0 Å². The largest absolute Gasteiger partial charge is 0.288 e. The fraction of sp³-hybridized carbons (Fsp3) is 0.200. The molecule has 0 spiro atoms. The highest BCUT2D eigenvalue weighted by Crippen LogP contribution is 2.10. The van der Waals surface area contributed by atoms with Crippen LogP contribution in [0.4, 0.5) is 0 Å². The van der Waals surface area contributed by atoms with Gasteiger partial charge in [0, 0.05) is 24.5 Å². The zero-order valence-electron chi connectivity index (χ0n) is 7.81.